The molecular formula is C18H14O2S. The van der Waals surface area contributed by atoms with Crippen LogP contribution in [0.2, 0.25) is 0 Å². The predicted molar refractivity (Wildman–Crippen MR) is 87.1 cm³/mol. The summed E-state index contributed by atoms with van der Waals surface area (Å²) in [5.74, 6) is -0.325. The minimum absolute atomic E-state index is 0.286. The second kappa shape index (κ2) is 6.37. The number of thiophene rings is 1. The van der Waals surface area contributed by atoms with Gasteiger partial charge in [0.25, 0.3) is 0 Å². The highest BCUT2D eigenvalue weighted by molar-refractivity contribution is 7.08. The van der Waals surface area contributed by atoms with Gasteiger partial charge in [0.1, 0.15) is 6.61 Å². The number of rotatable bonds is 4. The number of carbonyl (C=O) groups is 1. The fraction of sp³-hybridized carbons (Fsp3) is 0.0556. The smallest absolute Gasteiger partial charge is 0.331 e. The molecule has 0 aliphatic heterocycles. The molecule has 21 heavy (non-hydrogen) atoms. The van der Waals surface area contributed by atoms with Crippen molar-refractivity contribution in [2.75, 3.05) is 0 Å². The Labute approximate surface area is 127 Å². The number of hydrogen-bond acceptors (Lipinski definition) is 3. The van der Waals surface area contributed by atoms with Crippen molar-refractivity contribution < 1.29 is 9.53 Å². The van der Waals surface area contributed by atoms with Crippen LogP contribution in [0.4, 0.5) is 0 Å². The molecule has 104 valence electrons. The number of fused-ring (bicyclic) bond motifs is 1. The highest BCUT2D eigenvalue weighted by Gasteiger charge is 2.03. The third-order valence-electron chi connectivity index (χ3n) is 3.20. The molecule has 0 radical (unpaired) electrons. The van der Waals surface area contributed by atoms with Gasteiger partial charge < -0.3 is 4.74 Å². The van der Waals surface area contributed by atoms with Crippen molar-refractivity contribution in [3.8, 4) is 0 Å². The fourth-order valence-electron chi connectivity index (χ4n) is 2.15. The molecule has 2 aromatic carbocycles. The minimum Gasteiger partial charge on any atom is -0.458 e. The van der Waals surface area contributed by atoms with Gasteiger partial charge in [-0.2, -0.15) is 11.3 Å². The summed E-state index contributed by atoms with van der Waals surface area (Å²) >= 11 is 1.60. The van der Waals surface area contributed by atoms with Gasteiger partial charge in [-0.25, -0.2) is 4.79 Å². The summed E-state index contributed by atoms with van der Waals surface area (Å²) in [5, 5.41) is 6.23. The van der Waals surface area contributed by atoms with Gasteiger partial charge in [-0.3, -0.25) is 0 Å². The highest BCUT2D eigenvalue weighted by Crippen LogP contribution is 2.19. The normalized spacial score (nSPS) is 11.0. The van der Waals surface area contributed by atoms with E-state index in [0.717, 1.165) is 21.9 Å². The Morgan fingerprint density at radius 3 is 2.81 bits per heavy atom. The van der Waals surface area contributed by atoms with Crippen molar-refractivity contribution in [1.82, 2.24) is 0 Å². The van der Waals surface area contributed by atoms with Crippen LogP contribution >= 0.6 is 11.3 Å². The molecule has 1 aromatic heterocycles. The number of esters is 1. The molecule has 3 aromatic rings. The van der Waals surface area contributed by atoms with E-state index >= 15 is 0 Å². The summed E-state index contributed by atoms with van der Waals surface area (Å²) in [6.45, 7) is 0.286. The first-order valence-electron chi connectivity index (χ1n) is 6.66. The van der Waals surface area contributed by atoms with Crippen LogP contribution < -0.4 is 0 Å². The SMILES string of the molecule is O=C(/C=C/c1ccsc1)OCc1cccc2ccccc12. The Morgan fingerprint density at radius 1 is 1.10 bits per heavy atom. The molecule has 0 unspecified atom stereocenters. The lowest BCUT2D eigenvalue weighted by Crippen LogP contribution is -2.01. The van der Waals surface area contributed by atoms with E-state index in [-0.39, 0.29) is 12.6 Å². The second-order valence-electron chi connectivity index (χ2n) is 4.64. The minimum atomic E-state index is -0.325. The van der Waals surface area contributed by atoms with E-state index in [1.807, 2.05) is 47.2 Å². The van der Waals surface area contributed by atoms with Crippen LogP contribution in [0.5, 0.6) is 0 Å². The van der Waals surface area contributed by atoms with Crippen LogP contribution in [0.3, 0.4) is 0 Å². The summed E-state index contributed by atoms with van der Waals surface area (Å²) in [7, 11) is 0. The molecule has 1 heterocycles. The Balaban J connectivity index is 1.68. The van der Waals surface area contributed by atoms with Crippen molar-refractivity contribution >= 4 is 34.2 Å². The molecular weight excluding hydrogens is 280 g/mol. The van der Waals surface area contributed by atoms with E-state index in [2.05, 4.69) is 12.1 Å². The maximum Gasteiger partial charge on any atom is 0.331 e. The molecule has 3 heteroatoms. The number of benzene rings is 2. The molecule has 0 bridgehead atoms. The average Bonchev–Trinajstić information content (AvgIpc) is 3.04. The predicted octanol–water partition coefficient (Wildman–Crippen LogP) is 4.66. The van der Waals surface area contributed by atoms with E-state index in [0.29, 0.717) is 0 Å². The Hall–Kier alpha value is -2.39. The molecule has 3 rings (SSSR count). The standard InChI is InChI=1S/C18H14O2S/c19-18(9-8-14-10-11-21-13-14)20-12-16-6-3-5-15-4-1-2-7-17(15)16/h1-11,13H,12H2/b9-8+. The molecule has 0 aliphatic carbocycles. The molecule has 0 fully saturated rings. The van der Waals surface area contributed by atoms with E-state index in [1.54, 1.807) is 17.4 Å². The summed E-state index contributed by atoms with van der Waals surface area (Å²) in [5.41, 5.74) is 2.03. The van der Waals surface area contributed by atoms with Crippen LogP contribution in [-0.4, -0.2) is 5.97 Å². The third-order valence-corrected chi connectivity index (χ3v) is 3.91. The summed E-state index contributed by atoms with van der Waals surface area (Å²) in [6.07, 6.45) is 3.23. The first-order valence-corrected chi connectivity index (χ1v) is 7.61. The molecule has 0 spiro atoms. The molecule has 0 saturated heterocycles. The number of ether oxygens (including phenoxy) is 1. The maximum absolute atomic E-state index is 11.7. The van der Waals surface area contributed by atoms with Crippen LogP contribution in [0.15, 0.2) is 65.4 Å². The van der Waals surface area contributed by atoms with Crippen molar-refractivity contribution in [3.63, 3.8) is 0 Å². The third kappa shape index (κ3) is 3.38. The van der Waals surface area contributed by atoms with Crippen molar-refractivity contribution in [2.45, 2.75) is 6.61 Å². The molecule has 0 atom stereocenters. The quantitative estimate of drug-likeness (QED) is 0.517. The van der Waals surface area contributed by atoms with Gasteiger partial charge in [0.05, 0.1) is 0 Å². The summed E-state index contributed by atoms with van der Waals surface area (Å²) in [6, 6.07) is 16.1. The maximum atomic E-state index is 11.7. The monoisotopic (exact) mass is 294 g/mol. The Morgan fingerprint density at radius 2 is 1.95 bits per heavy atom. The van der Waals surface area contributed by atoms with Gasteiger partial charge >= 0.3 is 5.97 Å². The van der Waals surface area contributed by atoms with E-state index < -0.39 is 0 Å². The topological polar surface area (TPSA) is 26.3 Å². The first kappa shape index (κ1) is 13.6. The average molecular weight is 294 g/mol. The lowest BCUT2D eigenvalue weighted by atomic mass is 10.1. The van der Waals surface area contributed by atoms with Crippen molar-refractivity contribution in [1.29, 1.82) is 0 Å². The summed E-state index contributed by atoms with van der Waals surface area (Å²) in [4.78, 5) is 11.7. The van der Waals surface area contributed by atoms with Crippen LogP contribution in [-0.2, 0) is 16.1 Å². The van der Waals surface area contributed by atoms with Gasteiger partial charge in [-0.15, -0.1) is 0 Å². The Bertz CT molecular complexity index is 768. The van der Waals surface area contributed by atoms with Crippen molar-refractivity contribution in [3.05, 3.63) is 76.5 Å². The van der Waals surface area contributed by atoms with Crippen LogP contribution in [0, 0.1) is 0 Å². The van der Waals surface area contributed by atoms with Gasteiger partial charge in [-0.1, -0.05) is 42.5 Å². The van der Waals surface area contributed by atoms with E-state index in [4.69, 9.17) is 4.74 Å². The van der Waals surface area contributed by atoms with Gasteiger partial charge in [-0.05, 0) is 44.8 Å². The lowest BCUT2D eigenvalue weighted by Gasteiger charge is -2.06. The van der Waals surface area contributed by atoms with Crippen LogP contribution in [0.1, 0.15) is 11.1 Å². The fourth-order valence-corrected chi connectivity index (χ4v) is 2.78. The van der Waals surface area contributed by atoms with Gasteiger partial charge in [0.2, 0.25) is 0 Å². The first-order chi connectivity index (χ1) is 10.3. The van der Waals surface area contributed by atoms with E-state index in [1.165, 1.54) is 6.08 Å². The van der Waals surface area contributed by atoms with Crippen molar-refractivity contribution in [2.24, 2.45) is 0 Å². The molecule has 0 saturated carbocycles. The number of hydrogen-bond donors (Lipinski definition) is 0. The molecule has 2 nitrogen and oxygen atoms in total. The highest BCUT2D eigenvalue weighted by atomic mass is 32.1. The Kier molecular flexibility index (Phi) is 4.12. The lowest BCUT2D eigenvalue weighted by molar-refractivity contribution is -0.138. The van der Waals surface area contributed by atoms with Gasteiger partial charge in [0, 0.05) is 6.08 Å². The molecule has 0 N–H and O–H groups in total. The zero-order chi connectivity index (χ0) is 14.5. The summed E-state index contributed by atoms with van der Waals surface area (Å²) < 4.78 is 5.31. The van der Waals surface area contributed by atoms with Crippen LogP contribution in [0.25, 0.3) is 16.8 Å². The number of carbonyl (C=O) groups excluding carboxylic acids is 1. The largest absolute Gasteiger partial charge is 0.458 e. The molecule has 0 amide bonds. The molecule has 0 aliphatic rings. The zero-order valence-electron chi connectivity index (χ0n) is 11.4. The van der Waals surface area contributed by atoms with Gasteiger partial charge in [0.15, 0.2) is 0 Å². The second-order valence-corrected chi connectivity index (χ2v) is 5.42. The zero-order valence-corrected chi connectivity index (χ0v) is 12.2. The van der Waals surface area contributed by atoms with E-state index in [9.17, 15) is 4.79 Å².